The molecule has 0 aliphatic rings. The van der Waals surface area contributed by atoms with Crippen LogP contribution in [0.15, 0.2) is 18.2 Å². The largest absolute Gasteiger partial charge is 0.389 e. The third-order valence-corrected chi connectivity index (χ3v) is 2.36. The molecule has 1 atom stereocenters. The molecule has 0 radical (unpaired) electrons. The molecule has 0 aromatic heterocycles. The number of nitrogens with zero attached hydrogens (tertiary/aromatic N) is 1. The van der Waals surface area contributed by atoms with E-state index in [1.807, 2.05) is 0 Å². The Labute approximate surface area is 103 Å². The first kappa shape index (κ1) is 13.7. The van der Waals surface area contributed by atoms with E-state index in [0.717, 1.165) is 0 Å². The van der Waals surface area contributed by atoms with Crippen molar-refractivity contribution in [1.29, 1.82) is 0 Å². The molecule has 0 saturated carbocycles. The number of nitro groups is 1. The van der Waals surface area contributed by atoms with Gasteiger partial charge in [-0.3, -0.25) is 10.1 Å². The van der Waals surface area contributed by atoms with Crippen LogP contribution < -0.4 is 5.32 Å². The molecule has 17 heavy (non-hydrogen) atoms. The van der Waals surface area contributed by atoms with Crippen molar-refractivity contribution in [2.24, 2.45) is 0 Å². The molecule has 0 bridgehead atoms. The molecule has 1 aromatic carbocycles. The quantitative estimate of drug-likeness (QED) is 0.600. The number of aliphatic hydroxyl groups is 1. The number of anilines is 1. The van der Waals surface area contributed by atoms with E-state index in [1.54, 1.807) is 6.07 Å². The second kappa shape index (κ2) is 6.39. The minimum atomic E-state index is -0.737. The van der Waals surface area contributed by atoms with Crippen molar-refractivity contribution in [3.63, 3.8) is 0 Å². The van der Waals surface area contributed by atoms with Crippen LogP contribution in [0.4, 0.5) is 11.4 Å². The summed E-state index contributed by atoms with van der Waals surface area (Å²) in [6, 6.07) is 4.57. The summed E-state index contributed by atoms with van der Waals surface area (Å²) in [5, 5.41) is 23.0. The van der Waals surface area contributed by atoms with Crippen LogP contribution in [0, 0.1) is 10.1 Å². The molecule has 1 unspecified atom stereocenters. The molecular weight excluding hydrogens is 248 g/mol. The lowest BCUT2D eigenvalue weighted by Crippen LogP contribution is -2.24. The van der Waals surface area contributed by atoms with E-state index < -0.39 is 11.0 Å². The fourth-order valence-corrected chi connectivity index (χ4v) is 1.57. The summed E-state index contributed by atoms with van der Waals surface area (Å²) in [5.74, 6) is 0. The van der Waals surface area contributed by atoms with E-state index in [1.165, 1.54) is 19.2 Å². The first-order chi connectivity index (χ1) is 8.06. The smallest absolute Gasteiger partial charge is 0.310 e. The van der Waals surface area contributed by atoms with Crippen LogP contribution in [-0.4, -0.2) is 36.4 Å². The molecular formula is C10H13ClN2O4. The fraction of sp³-hybridized carbons (Fsp3) is 0.400. The predicted octanol–water partition coefficient (Wildman–Crippen LogP) is 1.67. The number of halogens is 1. The van der Waals surface area contributed by atoms with E-state index in [0.29, 0.717) is 0 Å². The van der Waals surface area contributed by atoms with E-state index >= 15 is 0 Å². The Morgan fingerprint density at radius 2 is 2.35 bits per heavy atom. The number of nitro benzene ring substituents is 1. The zero-order valence-corrected chi connectivity index (χ0v) is 9.98. The molecule has 94 valence electrons. The highest BCUT2D eigenvalue weighted by atomic mass is 35.5. The third kappa shape index (κ3) is 3.85. The van der Waals surface area contributed by atoms with Crippen LogP contribution >= 0.6 is 11.6 Å². The Bertz CT molecular complexity index is 400. The van der Waals surface area contributed by atoms with Gasteiger partial charge in [0.25, 0.3) is 0 Å². The van der Waals surface area contributed by atoms with Gasteiger partial charge in [-0.2, -0.15) is 0 Å². The van der Waals surface area contributed by atoms with E-state index in [-0.39, 0.29) is 29.5 Å². The van der Waals surface area contributed by atoms with Crippen molar-refractivity contribution in [1.82, 2.24) is 0 Å². The molecule has 0 aliphatic heterocycles. The maximum atomic E-state index is 10.8. The van der Waals surface area contributed by atoms with Crippen molar-refractivity contribution >= 4 is 23.0 Å². The van der Waals surface area contributed by atoms with Crippen molar-refractivity contribution in [2.45, 2.75) is 6.10 Å². The summed E-state index contributed by atoms with van der Waals surface area (Å²) >= 11 is 5.73. The first-order valence-corrected chi connectivity index (χ1v) is 5.27. The third-order valence-electron chi connectivity index (χ3n) is 2.06. The van der Waals surface area contributed by atoms with Crippen LogP contribution in [0.3, 0.4) is 0 Å². The van der Waals surface area contributed by atoms with E-state index in [9.17, 15) is 15.2 Å². The highest BCUT2D eigenvalue weighted by Gasteiger charge is 2.18. The number of hydrogen-bond donors (Lipinski definition) is 2. The molecule has 0 aliphatic carbocycles. The van der Waals surface area contributed by atoms with Gasteiger partial charge in [0.2, 0.25) is 0 Å². The summed E-state index contributed by atoms with van der Waals surface area (Å²) in [6.07, 6.45) is -0.737. The van der Waals surface area contributed by atoms with Gasteiger partial charge >= 0.3 is 5.69 Å². The summed E-state index contributed by atoms with van der Waals surface area (Å²) in [6.45, 7) is 0.302. The standard InChI is InChI=1S/C10H13ClN2O4/c1-17-6-7(14)5-12-9-4-2-3-8(11)10(9)13(15)16/h2-4,7,12,14H,5-6H2,1H3. The van der Waals surface area contributed by atoms with Gasteiger partial charge in [0.05, 0.1) is 17.6 Å². The molecule has 1 aromatic rings. The monoisotopic (exact) mass is 260 g/mol. The van der Waals surface area contributed by atoms with Gasteiger partial charge in [0, 0.05) is 13.7 Å². The Kier molecular flexibility index (Phi) is 5.14. The average molecular weight is 261 g/mol. The molecule has 6 nitrogen and oxygen atoms in total. The Balaban J connectivity index is 2.77. The second-order valence-electron chi connectivity index (χ2n) is 3.38. The molecule has 2 N–H and O–H groups in total. The van der Waals surface area contributed by atoms with Gasteiger partial charge in [-0.1, -0.05) is 17.7 Å². The van der Waals surface area contributed by atoms with Gasteiger partial charge in [0.15, 0.2) is 0 Å². The lowest BCUT2D eigenvalue weighted by atomic mass is 10.2. The van der Waals surface area contributed by atoms with Gasteiger partial charge < -0.3 is 15.2 Å². The summed E-state index contributed by atoms with van der Waals surface area (Å²) < 4.78 is 4.74. The van der Waals surface area contributed by atoms with Crippen LogP contribution in [0.25, 0.3) is 0 Å². The lowest BCUT2D eigenvalue weighted by molar-refractivity contribution is -0.383. The molecule has 1 rings (SSSR count). The molecule has 0 heterocycles. The average Bonchev–Trinajstić information content (AvgIpc) is 2.26. The lowest BCUT2D eigenvalue weighted by Gasteiger charge is -2.12. The molecule has 0 spiro atoms. The number of methoxy groups -OCH3 is 1. The normalized spacial score (nSPS) is 12.2. The van der Waals surface area contributed by atoms with Gasteiger partial charge in [-0.15, -0.1) is 0 Å². The Morgan fingerprint density at radius 1 is 1.65 bits per heavy atom. The highest BCUT2D eigenvalue weighted by Crippen LogP contribution is 2.32. The molecule has 0 fully saturated rings. The molecule has 7 heteroatoms. The minimum Gasteiger partial charge on any atom is -0.389 e. The SMILES string of the molecule is COCC(O)CNc1cccc(Cl)c1[N+](=O)[O-]. The second-order valence-corrected chi connectivity index (χ2v) is 3.79. The van der Waals surface area contributed by atoms with E-state index in [2.05, 4.69) is 5.32 Å². The number of rotatable bonds is 6. The van der Waals surface area contributed by atoms with Crippen molar-refractivity contribution in [2.75, 3.05) is 25.6 Å². The maximum Gasteiger partial charge on any atom is 0.310 e. The van der Waals surface area contributed by atoms with Crippen LogP contribution in [0.2, 0.25) is 5.02 Å². The number of ether oxygens (including phenoxy) is 1. The number of nitrogens with one attached hydrogen (secondary N) is 1. The first-order valence-electron chi connectivity index (χ1n) is 4.90. The fourth-order valence-electron chi connectivity index (χ4n) is 1.32. The van der Waals surface area contributed by atoms with Gasteiger partial charge in [-0.05, 0) is 12.1 Å². The molecule has 0 amide bonds. The van der Waals surface area contributed by atoms with Crippen molar-refractivity contribution < 1.29 is 14.8 Å². The Morgan fingerprint density at radius 3 is 2.94 bits per heavy atom. The van der Waals surface area contributed by atoms with Gasteiger partial charge in [0.1, 0.15) is 10.7 Å². The number of para-hydroxylation sites is 1. The Hall–Kier alpha value is -1.37. The number of benzene rings is 1. The number of hydrogen-bond acceptors (Lipinski definition) is 5. The minimum absolute atomic E-state index is 0.0567. The van der Waals surface area contributed by atoms with Crippen LogP contribution in [0.5, 0.6) is 0 Å². The zero-order chi connectivity index (χ0) is 12.8. The number of aliphatic hydroxyl groups excluding tert-OH is 1. The summed E-state index contributed by atoms with van der Waals surface area (Å²) in [7, 11) is 1.46. The summed E-state index contributed by atoms with van der Waals surface area (Å²) in [5.41, 5.74) is 0.0800. The highest BCUT2D eigenvalue weighted by molar-refractivity contribution is 6.33. The van der Waals surface area contributed by atoms with Crippen LogP contribution in [-0.2, 0) is 4.74 Å². The summed E-state index contributed by atoms with van der Waals surface area (Å²) in [4.78, 5) is 10.2. The van der Waals surface area contributed by atoms with E-state index in [4.69, 9.17) is 16.3 Å². The van der Waals surface area contributed by atoms with Crippen molar-refractivity contribution in [3.05, 3.63) is 33.3 Å². The van der Waals surface area contributed by atoms with Crippen molar-refractivity contribution in [3.8, 4) is 0 Å². The van der Waals surface area contributed by atoms with Gasteiger partial charge in [-0.25, -0.2) is 0 Å². The topological polar surface area (TPSA) is 84.6 Å². The van der Waals surface area contributed by atoms with Crippen LogP contribution in [0.1, 0.15) is 0 Å². The predicted molar refractivity (Wildman–Crippen MR) is 64.5 cm³/mol. The zero-order valence-electron chi connectivity index (χ0n) is 9.22. The molecule has 0 saturated heterocycles. The maximum absolute atomic E-state index is 10.8.